The lowest BCUT2D eigenvalue weighted by Gasteiger charge is -2.09. The SMILES string of the molecule is OC(Cc1ccc(I)cc1)c1cncnc1. The largest absolute Gasteiger partial charge is 0.388 e. The summed E-state index contributed by atoms with van der Waals surface area (Å²) < 4.78 is 1.19. The van der Waals surface area contributed by atoms with E-state index in [2.05, 4.69) is 32.6 Å². The molecule has 2 rings (SSSR count). The summed E-state index contributed by atoms with van der Waals surface area (Å²) in [5.41, 5.74) is 1.86. The molecule has 0 fully saturated rings. The zero-order valence-corrected chi connectivity index (χ0v) is 10.7. The molecule has 1 aromatic carbocycles. The summed E-state index contributed by atoms with van der Waals surface area (Å²) in [6, 6.07) is 8.11. The first kappa shape index (κ1) is 11.5. The van der Waals surface area contributed by atoms with Crippen LogP contribution in [-0.2, 0) is 6.42 Å². The molecule has 0 saturated heterocycles. The Morgan fingerprint density at radius 3 is 2.38 bits per heavy atom. The Bertz CT molecular complexity index is 444. The molecule has 1 unspecified atom stereocenters. The van der Waals surface area contributed by atoms with E-state index in [1.807, 2.05) is 24.3 Å². The van der Waals surface area contributed by atoms with E-state index in [1.165, 1.54) is 9.90 Å². The summed E-state index contributed by atoms with van der Waals surface area (Å²) in [5.74, 6) is 0. The number of rotatable bonds is 3. The van der Waals surface area contributed by atoms with Gasteiger partial charge in [-0.05, 0) is 40.3 Å². The third-order valence-electron chi connectivity index (χ3n) is 2.31. The van der Waals surface area contributed by atoms with Gasteiger partial charge >= 0.3 is 0 Å². The van der Waals surface area contributed by atoms with Gasteiger partial charge in [0, 0.05) is 27.9 Å². The molecule has 0 bridgehead atoms. The van der Waals surface area contributed by atoms with Crippen molar-refractivity contribution in [2.45, 2.75) is 12.5 Å². The molecule has 0 aliphatic heterocycles. The van der Waals surface area contributed by atoms with E-state index >= 15 is 0 Å². The first-order valence-corrected chi connectivity index (χ1v) is 6.01. The fourth-order valence-corrected chi connectivity index (χ4v) is 1.80. The van der Waals surface area contributed by atoms with E-state index in [9.17, 15) is 5.11 Å². The third kappa shape index (κ3) is 2.99. The van der Waals surface area contributed by atoms with E-state index in [1.54, 1.807) is 12.4 Å². The van der Waals surface area contributed by atoms with Crippen LogP contribution in [0.2, 0.25) is 0 Å². The van der Waals surface area contributed by atoms with Gasteiger partial charge in [0.05, 0.1) is 6.10 Å². The van der Waals surface area contributed by atoms with Crippen LogP contribution >= 0.6 is 22.6 Å². The van der Waals surface area contributed by atoms with Crippen molar-refractivity contribution >= 4 is 22.6 Å². The Morgan fingerprint density at radius 1 is 1.12 bits per heavy atom. The fraction of sp³-hybridized carbons (Fsp3) is 0.167. The van der Waals surface area contributed by atoms with Gasteiger partial charge in [-0.3, -0.25) is 0 Å². The highest BCUT2D eigenvalue weighted by Gasteiger charge is 2.08. The third-order valence-corrected chi connectivity index (χ3v) is 3.03. The summed E-state index contributed by atoms with van der Waals surface area (Å²) in [6.07, 6.45) is 4.79. The molecule has 0 spiro atoms. The minimum atomic E-state index is -0.540. The van der Waals surface area contributed by atoms with Crippen molar-refractivity contribution in [3.05, 3.63) is 57.7 Å². The van der Waals surface area contributed by atoms with Crippen molar-refractivity contribution in [1.82, 2.24) is 9.97 Å². The van der Waals surface area contributed by atoms with Crippen molar-refractivity contribution in [3.63, 3.8) is 0 Å². The predicted molar refractivity (Wildman–Crippen MR) is 69.9 cm³/mol. The quantitative estimate of drug-likeness (QED) is 0.881. The van der Waals surface area contributed by atoms with Gasteiger partial charge < -0.3 is 5.11 Å². The molecule has 1 heterocycles. The maximum absolute atomic E-state index is 9.96. The number of aromatic nitrogens is 2. The Labute approximate surface area is 108 Å². The van der Waals surface area contributed by atoms with Crippen molar-refractivity contribution < 1.29 is 5.11 Å². The number of hydrogen-bond donors (Lipinski definition) is 1. The smallest absolute Gasteiger partial charge is 0.115 e. The Balaban J connectivity index is 2.08. The van der Waals surface area contributed by atoms with E-state index < -0.39 is 6.10 Å². The Morgan fingerprint density at radius 2 is 1.75 bits per heavy atom. The lowest BCUT2D eigenvalue weighted by Crippen LogP contribution is -2.02. The van der Waals surface area contributed by atoms with Crippen LogP contribution in [0.3, 0.4) is 0 Å². The van der Waals surface area contributed by atoms with Crippen molar-refractivity contribution in [3.8, 4) is 0 Å². The minimum Gasteiger partial charge on any atom is -0.388 e. The molecule has 0 amide bonds. The molecule has 1 N–H and O–H groups in total. The second-order valence-corrected chi connectivity index (χ2v) is 4.76. The summed E-state index contributed by atoms with van der Waals surface area (Å²) in [4.78, 5) is 7.78. The molecule has 0 radical (unpaired) electrons. The van der Waals surface area contributed by atoms with Gasteiger partial charge in [-0.2, -0.15) is 0 Å². The zero-order chi connectivity index (χ0) is 11.4. The minimum absolute atomic E-state index is 0.540. The molecular weight excluding hydrogens is 315 g/mol. The van der Waals surface area contributed by atoms with Gasteiger partial charge in [0.1, 0.15) is 6.33 Å². The molecule has 16 heavy (non-hydrogen) atoms. The molecule has 82 valence electrons. The molecule has 4 heteroatoms. The molecule has 0 aliphatic rings. The molecule has 1 aromatic heterocycles. The van der Waals surface area contributed by atoms with Crippen molar-refractivity contribution in [2.24, 2.45) is 0 Å². The molecule has 2 aromatic rings. The predicted octanol–water partition coefficient (Wildman–Crippen LogP) is 2.36. The van der Waals surface area contributed by atoms with Crippen LogP contribution in [0, 0.1) is 3.57 Å². The van der Waals surface area contributed by atoms with Crippen LogP contribution in [0.4, 0.5) is 0 Å². The second kappa shape index (κ2) is 5.36. The standard InChI is InChI=1S/C12H11IN2O/c13-11-3-1-9(2-4-11)5-12(16)10-6-14-8-15-7-10/h1-4,6-8,12,16H,5H2. The first-order chi connectivity index (χ1) is 7.75. The summed E-state index contributed by atoms with van der Waals surface area (Å²) >= 11 is 2.26. The van der Waals surface area contributed by atoms with Crippen LogP contribution in [-0.4, -0.2) is 15.1 Å². The number of aliphatic hydroxyl groups excluding tert-OH is 1. The zero-order valence-electron chi connectivity index (χ0n) is 8.55. The van der Waals surface area contributed by atoms with Gasteiger partial charge in [0.15, 0.2) is 0 Å². The average molecular weight is 326 g/mol. The highest BCUT2D eigenvalue weighted by molar-refractivity contribution is 14.1. The molecule has 0 saturated carbocycles. The lowest BCUT2D eigenvalue weighted by atomic mass is 10.0. The number of nitrogens with zero attached hydrogens (tertiary/aromatic N) is 2. The topological polar surface area (TPSA) is 46.0 Å². The number of benzene rings is 1. The molecule has 3 nitrogen and oxygen atoms in total. The van der Waals surface area contributed by atoms with E-state index in [4.69, 9.17) is 0 Å². The number of halogens is 1. The van der Waals surface area contributed by atoms with Gasteiger partial charge in [-0.15, -0.1) is 0 Å². The first-order valence-electron chi connectivity index (χ1n) is 4.93. The van der Waals surface area contributed by atoms with Crippen LogP contribution in [0.5, 0.6) is 0 Å². The van der Waals surface area contributed by atoms with Crippen LogP contribution in [0.15, 0.2) is 43.0 Å². The molecular formula is C12H11IN2O. The van der Waals surface area contributed by atoms with E-state index in [0.29, 0.717) is 6.42 Å². The van der Waals surface area contributed by atoms with Gasteiger partial charge in [-0.25, -0.2) is 9.97 Å². The van der Waals surface area contributed by atoms with Crippen molar-refractivity contribution in [2.75, 3.05) is 0 Å². The van der Waals surface area contributed by atoms with Gasteiger partial charge in [0.2, 0.25) is 0 Å². The lowest BCUT2D eigenvalue weighted by molar-refractivity contribution is 0.177. The summed E-state index contributed by atoms with van der Waals surface area (Å²) in [6.45, 7) is 0. The second-order valence-electron chi connectivity index (χ2n) is 3.52. The van der Waals surface area contributed by atoms with E-state index in [0.717, 1.165) is 11.1 Å². The highest BCUT2D eigenvalue weighted by atomic mass is 127. The Hall–Kier alpha value is -1.01. The van der Waals surface area contributed by atoms with Crippen LogP contribution < -0.4 is 0 Å². The maximum Gasteiger partial charge on any atom is 0.115 e. The monoisotopic (exact) mass is 326 g/mol. The normalized spacial score (nSPS) is 12.4. The molecule has 1 atom stereocenters. The summed E-state index contributed by atoms with van der Waals surface area (Å²) in [5, 5.41) is 9.96. The van der Waals surface area contributed by atoms with Crippen LogP contribution in [0.25, 0.3) is 0 Å². The van der Waals surface area contributed by atoms with Gasteiger partial charge in [0.25, 0.3) is 0 Å². The van der Waals surface area contributed by atoms with E-state index in [-0.39, 0.29) is 0 Å². The number of hydrogen-bond acceptors (Lipinski definition) is 3. The van der Waals surface area contributed by atoms with Crippen molar-refractivity contribution in [1.29, 1.82) is 0 Å². The average Bonchev–Trinajstić information content (AvgIpc) is 2.33. The van der Waals surface area contributed by atoms with Gasteiger partial charge in [-0.1, -0.05) is 12.1 Å². The Kier molecular flexibility index (Phi) is 3.84. The molecule has 0 aliphatic carbocycles. The maximum atomic E-state index is 9.96. The fourth-order valence-electron chi connectivity index (χ4n) is 1.44. The van der Waals surface area contributed by atoms with Crippen LogP contribution in [0.1, 0.15) is 17.2 Å². The number of aliphatic hydroxyl groups is 1. The highest BCUT2D eigenvalue weighted by Crippen LogP contribution is 2.17. The summed E-state index contributed by atoms with van der Waals surface area (Å²) in [7, 11) is 0.